The number of carbonyl (C=O) groups excluding carboxylic acids is 2. The molecule has 1 fully saturated rings. The summed E-state index contributed by atoms with van der Waals surface area (Å²) in [5.41, 5.74) is 0.755. The van der Waals surface area contributed by atoms with Gasteiger partial charge >= 0.3 is 18.0 Å². The van der Waals surface area contributed by atoms with Crippen LogP contribution in [0.5, 0.6) is 0 Å². The number of rotatable bonds is 8. The Morgan fingerprint density at radius 3 is 2.46 bits per heavy atom. The minimum Gasteiger partial charge on any atom is -0.480 e. The Balaban J connectivity index is 1.75. The number of ether oxygens (including phenoxy) is 4. The summed E-state index contributed by atoms with van der Waals surface area (Å²) in [7, 11) is 0. The van der Waals surface area contributed by atoms with Crippen LogP contribution in [0.2, 0.25) is 0 Å². The van der Waals surface area contributed by atoms with Gasteiger partial charge in [-0.25, -0.2) is 9.59 Å². The van der Waals surface area contributed by atoms with Crippen LogP contribution >= 0.6 is 0 Å². The van der Waals surface area contributed by atoms with Gasteiger partial charge in [0.2, 0.25) is 0 Å². The molecule has 1 aromatic rings. The SMILES string of the molecule is CC1(CC(=O)OC[C@H](NC(=O)OCc2ccccc2)C(=O)O)OCCO1. The normalized spacial score (nSPS) is 16.5. The van der Waals surface area contributed by atoms with Crippen LogP contribution in [0.4, 0.5) is 4.79 Å². The number of hydrogen-bond acceptors (Lipinski definition) is 7. The molecule has 2 N–H and O–H groups in total. The third-order valence-corrected chi connectivity index (χ3v) is 3.58. The number of hydrogen-bond donors (Lipinski definition) is 2. The zero-order valence-electron chi connectivity index (χ0n) is 14.3. The van der Waals surface area contributed by atoms with Crippen molar-refractivity contribution >= 4 is 18.0 Å². The fourth-order valence-corrected chi connectivity index (χ4v) is 2.23. The zero-order chi connectivity index (χ0) is 19.0. The van der Waals surface area contributed by atoms with Gasteiger partial charge in [0, 0.05) is 0 Å². The highest BCUT2D eigenvalue weighted by Gasteiger charge is 2.35. The number of carboxylic acids is 1. The maximum absolute atomic E-state index is 11.8. The van der Waals surface area contributed by atoms with Crippen LogP contribution in [0.25, 0.3) is 0 Å². The smallest absolute Gasteiger partial charge is 0.408 e. The lowest BCUT2D eigenvalue weighted by atomic mass is 10.2. The Bertz CT molecular complexity index is 627. The molecule has 1 heterocycles. The lowest BCUT2D eigenvalue weighted by molar-refractivity contribution is -0.175. The first-order chi connectivity index (χ1) is 12.4. The van der Waals surface area contributed by atoms with E-state index in [2.05, 4.69) is 5.32 Å². The van der Waals surface area contributed by atoms with Gasteiger partial charge in [-0.15, -0.1) is 0 Å². The summed E-state index contributed by atoms with van der Waals surface area (Å²) in [5.74, 6) is -3.12. The van der Waals surface area contributed by atoms with Crippen molar-refractivity contribution in [3.8, 4) is 0 Å². The topological polar surface area (TPSA) is 120 Å². The van der Waals surface area contributed by atoms with Crippen molar-refractivity contribution in [2.24, 2.45) is 0 Å². The summed E-state index contributed by atoms with van der Waals surface area (Å²) >= 11 is 0. The Labute approximate surface area is 150 Å². The number of aliphatic carboxylic acids is 1. The number of alkyl carbamates (subject to hydrolysis) is 1. The molecule has 142 valence electrons. The first-order valence-corrected chi connectivity index (χ1v) is 8.01. The van der Waals surface area contributed by atoms with Crippen molar-refractivity contribution < 1.29 is 38.4 Å². The van der Waals surface area contributed by atoms with Gasteiger partial charge in [-0.2, -0.15) is 0 Å². The average molecular weight is 367 g/mol. The molecule has 1 aliphatic rings. The van der Waals surface area contributed by atoms with E-state index in [-0.39, 0.29) is 13.0 Å². The molecule has 0 aromatic heterocycles. The maximum Gasteiger partial charge on any atom is 0.408 e. The molecule has 0 bridgehead atoms. The van der Waals surface area contributed by atoms with Gasteiger partial charge < -0.3 is 29.4 Å². The molecule has 9 heteroatoms. The predicted molar refractivity (Wildman–Crippen MR) is 87.1 cm³/mol. The van der Waals surface area contributed by atoms with E-state index in [1.807, 2.05) is 6.07 Å². The van der Waals surface area contributed by atoms with Crippen LogP contribution in [0.15, 0.2) is 30.3 Å². The Morgan fingerprint density at radius 2 is 1.85 bits per heavy atom. The average Bonchev–Trinajstić information content (AvgIpc) is 3.03. The molecule has 0 saturated carbocycles. The molecule has 0 spiro atoms. The van der Waals surface area contributed by atoms with Crippen LogP contribution in [-0.4, -0.2) is 54.8 Å². The van der Waals surface area contributed by atoms with Gasteiger partial charge in [-0.3, -0.25) is 4.79 Å². The molecule has 0 radical (unpaired) electrons. The Kier molecular flexibility index (Phi) is 6.93. The molecule has 1 atom stereocenters. The molecule has 1 amide bonds. The molecule has 0 unspecified atom stereocenters. The van der Waals surface area contributed by atoms with Gasteiger partial charge in [0.1, 0.15) is 13.2 Å². The fourth-order valence-electron chi connectivity index (χ4n) is 2.23. The summed E-state index contributed by atoms with van der Waals surface area (Å²) < 4.78 is 20.4. The van der Waals surface area contributed by atoms with E-state index in [0.717, 1.165) is 5.56 Å². The van der Waals surface area contributed by atoms with Crippen LogP contribution in [0, 0.1) is 0 Å². The van der Waals surface area contributed by atoms with Gasteiger partial charge in [0.15, 0.2) is 11.8 Å². The molecule has 1 aliphatic heterocycles. The minimum absolute atomic E-state index is 0.00810. The quantitative estimate of drug-likeness (QED) is 0.655. The van der Waals surface area contributed by atoms with Crippen LogP contribution in [-0.2, 0) is 35.1 Å². The number of esters is 1. The van der Waals surface area contributed by atoms with E-state index in [1.165, 1.54) is 0 Å². The van der Waals surface area contributed by atoms with Gasteiger partial charge in [0.25, 0.3) is 0 Å². The fraction of sp³-hybridized carbons (Fsp3) is 0.471. The largest absolute Gasteiger partial charge is 0.480 e. The standard InChI is InChI=1S/C17H21NO8/c1-17(25-7-8-26-17)9-14(19)23-11-13(15(20)21)18-16(22)24-10-12-5-3-2-4-6-12/h2-6,13H,7-11H2,1H3,(H,18,22)(H,20,21)/t13-/m0/s1. The predicted octanol–water partition coefficient (Wildman–Crippen LogP) is 1.06. The summed E-state index contributed by atoms with van der Waals surface area (Å²) in [6, 6.07) is 7.48. The van der Waals surface area contributed by atoms with Crippen molar-refractivity contribution in [1.29, 1.82) is 0 Å². The van der Waals surface area contributed by atoms with Crippen molar-refractivity contribution in [1.82, 2.24) is 5.32 Å². The summed E-state index contributed by atoms with van der Waals surface area (Å²) in [6.07, 6.45) is -1.11. The molecule has 26 heavy (non-hydrogen) atoms. The molecule has 2 rings (SSSR count). The molecular formula is C17H21NO8. The Morgan fingerprint density at radius 1 is 1.19 bits per heavy atom. The van der Waals surface area contributed by atoms with Crippen LogP contribution < -0.4 is 5.32 Å². The van der Waals surface area contributed by atoms with E-state index >= 15 is 0 Å². The van der Waals surface area contributed by atoms with Crippen molar-refractivity contribution in [2.45, 2.75) is 31.8 Å². The van der Waals surface area contributed by atoms with E-state index in [1.54, 1.807) is 31.2 Å². The summed E-state index contributed by atoms with van der Waals surface area (Å²) in [5, 5.41) is 11.3. The number of carboxylic acid groups (broad SMARTS) is 1. The van der Waals surface area contributed by atoms with Crippen molar-refractivity contribution in [3.05, 3.63) is 35.9 Å². The van der Waals surface area contributed by atoms with E-state index in [4.69, 9.17) is 24.1 Å². The first-order valence-electron chi connectivity index (χ1n) is 8.01. The number of nitrogens with one attached hydrogen (secondary N) is 1. The van der Waals surface area contributed by atoms with E-state index in [0.29, 0.717) is 13.2 Å². The number of carbonyl (C=O) groups is 3. The van der Waals surface area contributed by atoms with E-state index in [9.17, 15) is 14.4 Å². The zero-order valence-corrected chi connectivity index (χ0v) is 14.3. The minimum atomic E-state index is -1.43. The molecule has 1 aromatic carbocycles. The van der Waals surface area contributed by atoms with Gasteiger partial charge in [0.05, 0.1) is 19.6 Å². The van der Waals surface area contributed by atoms with Crippen LogP contribution in [0.3, 0.4) is 0 Å². The number of benzene rings is 1. The molecule has 1 saturated heterocycles. The van der Waals surface area contributed by atoms with Crippen molar-refractivity contribution in [3.63, 3.8) is 0 Å². The lowest BCUT2D eigenvalue weighted by Crippen LogP contribution is -2.45. The third kappa shape index (κ3) is 6.34. The highest BCUT2D eigenvalue weighted by Crippen LogP contribution is 2.22. The summed E-state index contributed by atoms with van der Waals surface area (Å²) in [6.45, 7) is 1.79. The Hall–Kier alpha value is -2.65. The van der Waals surface area contributed by atoms with E-state index < -0.39 is 36.5 Å². The van der Waals surface area contributed by atoms with Gasteiger partial charge in [-0.05, 0) is 12.5 Å². The highest BCUT2D eigenvalue weighted by molar-refractivity contribution is 5.80. The second-order valence-corrected chi connectivity index (χ2v) is 5.79. The second-order valence-electron chi connectivity index (χ2n) is 5.79. The number of amides is 1. The molecular weight excluding hydrogens is 346 g/mol. The molecule has 0 aliphatic carbocycles. The lowest BCUT2D eigenvalue weighted by Gasteiger charge is -2.21. The van der Waals surface area contributed by atoms with Crippen LogP contribution in [0.1, 0.15) is 18.9 Å². The third-order valence-electron chi connectivity index (χ3n) is 3.58. The van der Waals surface area contributed by atoms with Gasteiger partial charge in [-0.1, -0.05) is 30.3 Å². The second kappa shape index (κ2) is 9.16. The molecule has 9 nitrogen and oxygen atoms in total. The summed E-state index contributed by atoms with van der Waals surface area (Å²) in [4.78, 5) is 34.8. The highest BCUT2D eigenvalue weighted by atomic mass is 16.7. The maximum atomic E-state index is 11.8. The van der Waals surface area contributed by atoms with Crippen molar-refractivity contribution in [2.75, 3.05) is 19.8 Å². The monoisotopic (exact) mass is 367 g/mol. The first kappa shape index (κ1) is 19.7.